The lowest BCUT2D eigenvalue weighted by Crippen LogP contribution is -2.49. The van der Waals surface area contributed by atoms with Crippen molar-refractivity contribution in [3.63, 3.8) is 0 Å². The number of nitrogens with one attached hydrogen (secondary N) is 3. The van der Waals surface area contributed by atoms with Crippen LogP contribution in [0.4, 0.5) is 0 Å². The number of carbonyl (C=O) groups excluding carboxylic acids is 2. The number of hydrogen-bond donors (Lipinski definition) is 3. The number of hydrogen-bond acceptors (Lipinski definition) is 4. The molecule has 1 aromatic rings. The van der Waals surface area contributed by atoms with Crippen LogP contribution in [0.3, 0.4) is 0 Å². The quantitative estimate of drug-likeness (QED) is 0.519. The maximum absolute atomic E-state index is 11.8. The van der Waals surface area contributed by atoms with Crippen molar-refractivity contribution in [1.29, 1.82) is 0 Å². The summed E-state index contributed by atoms with van der Waals surface area (Å²) in [5.41, 5.74) is 5.92. The molecule has 0 spiro atoms. The molecule has 2 amide bonds. The summed E-state index contributed by atoms with van der Waals surface area (Å²) >= 11 is 4.93. The standard InChI is InChI=1S/C17H25N3O3S/c1-4-5-10-15(21)18-17(24)20-19-16(22)11-23-14-9-7-6-8-13(14)12(2)3/h6-9,12H,4-5,10-11H2,1-3H3,(H,19,22)(H2,18,20,21,24). The molecule has 0 saturated carbocycles. The molecular formula is C17H25N3O3S. The lowest BCUT2D eigenvalue weighted by Gasteiger charge is -2.14. The topological polar surface area (TPSA) is 79.5 Å². The highest BCUT2D eigenvalue weighted by Gasteiger charge is 2.10. The second kappa shape index (κ2) is 10.6. The van der Waals surface area contributed by atoms with Crippen LogP contribution in [0.25, 0.3) is 0 Å². The van der Waals surface area contributed by atoms with Gasteiger partial charge in [0.25, 0.3) is 5.91 Å². The van der Waals surface area contributed by atoms with Crippen molar-refractivity contribution in [1.82, 2.24) is 16.2 Å². The number of hydrazine groups is 1. The van der Waals surface area contributed by atoms with Gasteiger partial charge in [-0.2, -0.15) is 0 Å². The number of unbranched alkanes of at least 4 members (excludes halogenated alkanes) is 1. The van der Waals surface area contributed by atoms with Gasteiger partial charge in [-0.25, -0.2) is 0 Å². The molecular weight excluding hydrogens is 326 g/mol. The molecule has 0 aromatic heterocycles. The van der Waals surface area contributed by atoms with Crippen LogP contribution in [0.2, 0.25) is 0 Å². The first-order chi connectivity index (χ1) is 11.4. The van der Waals surface area contributed by atoms with Crippen molar-refractivity contribution in [3.8, 4) is 5.75 Å². The number of amides is 2. The maximum atomic E-state index is 11.8. The van der Waals surface area contributed by atoms with Crippen molar-refractivity contribution < 1.29 is 14.3 Å². The first-order valence-corrected chi connectivity index (χ1v) is 8.45. The minimum atomic E-state index is -0.390. The first kappa shape index (κ1) is 19.9. The Morgan fingerprint density at radius 3 is 2.54 bits per heavy atom. The van der Waals surface area contributed by atoms with Gasteiger partial charge in [-0.05, 0) is 36.2 Å². The third kappa shape index (κ3) is 7.41. The van der Waals surface area contributed by atoms with Crippen LogP contribution in [0.1, 0.15) is 51.5 Å². The van der Waals surface area contributed by atoms with E-state index in [2.05, 4.69) is 30.0 Å². The number of ether oxygens (including phenoxy) is 1. The van der Waals surface area contributed by atoms with E-state index in [0.717, 1.165) is 18.4 Å². The number of thiocarbonyl (C=S) groups is 1. The average molecular weight is 351 g/mol. The summed E-state index contributed by atoms with van der Waals surface area (Å²) in [5, 5.41) is 2.56. The van der Waals surface area contributed by atoms with Crippen molar-refractivity contribution in [3.05, 3.63) is 29.8 Å². The minimum absolute atomic E-state index is 0.0621. The first-order valence-electron chi connectivity index (χ1n) is 8.04. The Labute approximate surface area is 148 Å². The smallest absolute Gasteiger partial charge is 0.276 e. The average Bonchev–Trinajstić information content (AvgIpc) is 2.56. The van der Waals surface area contributed by atoms with E-state index in [1.54, 1.807) is 0 Å². The van der Waals surface area contributed by atoms with Crippen molar-refractivity contribution >= 4 is 29.1 Å². The summed E-state index contributed by atoms with van der Waals surface area (Å²) in [6.45, 7) is 5.97. The van der Waals surface area contributed by atoms with Gasteiger partial charge in [-0.3, -0.25) is 20.4 Å². The molecule has 24 heavy (non-hydrogen) atoms. The highest BCUT2D eigenvalue weighted by Crippen LogP contribution is 2.25. The zero-order valence-corrected chi connectivity index (χ0v) is 15.2. The van der Waals surface area contributed by atoms with Crippen LogP contribution in [0.5, 0.6) is 5.75 Å². The largest absolute Gasteiger partial charge is 0.483 e. The summed E-state index contributed by atoms with van der Waals surface area (Å²) in [6.07, 6.45) is 2.13. The van der Waals surface area contributed by atoms with Crippen LogP contribution >= 0.6 is 12.2 Å². The van der Waals surface area contributed by atoms with Gasteiger partial charge in [-0.1, -0.05) is 45.4 Å². The molecule has 0 heterocycles. The van der Waals surface area contributed by atoms with Gasteiger partial charge in [0.15, 0.2) is 11.7 Å². The molecule has 0 unspecified atom stereocenters. The molecule has 6 nitrogen and oxygen atoms in total. The Balaban J connectivity index is 2.34. The normalized spacial score (nSPS) is 10.2. The van der Waals surface area contributed by atoms with E-state index in [1.165, 1.54) is 0 Å². The molecule has 0 radical (unpaired) electrons. The van der Waals surface area contributed by atoms with Crippen molar-refractivity contribution in [2.24, 2.45) is 0 Å². The van der Waals surface area contributed by atoms with E-state index in [4.69, 9.17) is 17.0 Å². The van der Waals surface area contributed by atoms with E-state index in [1.807, 2.05) is 31.2 Å². The SMILES string of the molecule is CCCCC(=O)NC(=S)NNC(=O)COc1ccccc1C(C)C. The third-order valence-electron chi connectivity index (χ3n) is 3.23. The van der Waals surface area contributed by atoms with E-state index in [9.17, 15) is 9.59 Å². The van der Waals surface area contributed by atoms with Crippen molar-refractivity contribution in [2.75, 3.05) is 6.61 Å². The molecule has 0 atom stereocenters. The van der Waals surface area contributed by atoms with Gasteiger partial charge in [0, 0.05) is 6.42 Å². The van der Waals surface area contributed by atoms with Crippen LogP contribution in [0, 0.1) is 0 Å². The fourth-order valence-corrected chi connectivity index (χ4v) is 2.12. The summed E-state index contributed by atoms with van der Waals surface area (Å²) in [6, 6.07) is 7.59. The zero-order valence-electron chi connectivity index (χ0n) is 14.3. The predicted octanol–water partition coefficient (Wildman–Crippen LogP) is 2.40. The molecule has 0 aliphatic rings. The maximum Gasteiger partial charge on any atom is 0.276 e. The Bertz CT molecular complexity index is 576. The molecule has 0 bridgehead atoms. The van der Waals surface area contributed by atoms with Gasteiger partial charge in [0.1, 0.15) is 5.75 Å². The molecule has 7 heteroatoms. The van der Waals surface area contributed by atoms with E-state index in [0.29, 0.717) is 18.1 Å². The van der Waals surface area contributed by atoms with E-state index >= 15 is 0 Å². The number of rotatable bonds is 7. The number of carbonyl (C=O) groups is 2. The Kier molecular flexibility index (Phi) is 8.78. The van der Waals surface area contributed by atoms with Gasteiger partial charge in [0.05, 0.1) is 0 Å². The molecule has 3 N–H and O–H groups in total. The Morgan fingerprint density at radius 2 is 1.88 bits per heavy atom. The molecule has 0 aliphatic heterocycles. The molecule has 0 fully saturated rings. The van der Waals surface area contributed by atoms with Crippen LogP contribution in [0.15, 0.2) is 24.3 Å². The summed E-state index contributed by atoms with van der Waals surface area (Å²) < 4.78 is 5.54. The van der Waals surface area contributed by atoms with Gasteiger partial charge in [0.2, 0.25) is 5.91 Å². The lowest BCUT2D eigenvalue weighted by atomic mass is 10.0. The zero-order chi connectivity index (χ0) is 17.9. The lowest BCUT2D eigenvalue weighted by molar-refractivity contribution is -0.124. The van der Waals surface area contributed by atoms with E-state index < -0.39 is 5.91 Å². The Morgan fingerprint density at radius 1 is 1.17 bits per heavy atom. The number of benzene rings is 1. The van der Waals surface area contributed by atoms with Crippen LogP contribution < -0.4 is 20.9 Å². The minimum Gasteiger partial charge on any atom is -0.483 e. The second-order valence-corrected chi connectivity index (χ2v) is 6.04. The van der Waals surface area contributed by atoms with Crippen LogP contribution in [-0.4, -0.2) is 23.5 Å². The van der Waals surface area contributed by atoms with Gasteiger partial charge in [-0.15, -0.1) is 0 Å². The highest BCUT2D eigenvalue weighted by atomic mass is 32.1. The fourth-order valence-electron chi connectivity index (χ4n) is 1.95. The summed E-state index contributed by atoms with van der Waals surface area (Å²) in [4.78, 5) is 23.3. The Hall–Kier alpha value is -2.15. The molecule has 0 aliphatic carbocycles. The summed E-state index contributed by atoms with van der Waals surface area (Å²) in [7, 11) is 0. The van der Waals surface area contributed by atoms with Gasteiger partial charge < -0.3 is 10.1 Å². The molecule has 1 aromatic carbocycles. The van der Waals surface area contributed by atoms with Gasteiger partial charge >= 0.3 is 0 Å². The highest BCUT2D eigenvalue weighted by molar-refractivity contribution is 7.80. The molecule has 132 valence electrons. The third-order valence-corrected chi connectivity index (χ3v) is 3.43. The monoisotopic (exact) mass is 351 g/mol. The second-order valence-electron chi connectivity index (χ2n) is 5.64. The summed E-state index contributed by atoms with van der Waals surface area (Å²) in [5.74, 6) is 0.413. The predicted molar refractivity (Wildman–Crippen MR) is 97.6 cm³/mol. The molecule has 0 saturated heterocycles. The number of para-hydroxylation sites is 1. The van der Waals surface area contributed by atoms with Crippen LogP contribution in [-0.2, 0) is 9.59 Å². The fraction of sp³-hybridized carbons (Fsp3) is 0.471. The van der Waals surface area contributed by atoms with Crippen molar-refractivity contribution in [2.45, 2.75) is 46.0 Å². The van der Waals surface area contributed by atoms with E-state index in [-0.39, 0.29) is 17.6 Å². The molecule has 1 rings (SSSR count).